The minimum Gasteiger partial charge on any atom is -0.372 e. The molecule has 1 aromatic rings. The van der Waals surface area contributed by atoms with E-state index in [0.717, 1.165) is 18.6 Å². The summed E-state index contributed by atoms with van der Waals surface area (Å²) < 4.78 is 0. The molecule has 6 heteroatoms. The van der Waals surface area contributed by atoms with Gasteiger partial charge in [-0.25, -0.2) is 4.98 Å². The summed E-state index contributed by atoms with van der Waals surface area (Å²) in [6.45, 7) is 2.17. The number of nitrogens with one attached hydrogen (secondary N) is 2. The highest BCUT2D eigenvalue weighted by Crippen LogP contribution is 2.30. The van der Waals surface area contributed by atoms with Crippen LogP contribution in [0, 0.1) is 0 Å². The van der Waals surface area contributed by atoms with Gasteiger partial charge in [0, 0.05) is 24.5 Å². The topological polar surface area (TPSA) is 54.0 Å². The van der Waals surface area contributed by atoms with Crippen molar-refractivity contribution in [3.63, 3.8) is 0 Å². The van der Waals surface area contributed by atoms with Crippen molar-refractivity contribution in [1.29, 1.82) is 0 Å². The third-order valence-corrected chi connectivity index (χ3v) is 4.98. The van der Waals surface area contributed by atoms with Gasteiger partial charge in [-0.05, 0) is 31.1 Å². The van der Waals surface area contributed by atoms with Crippen LogP contribution in [-0.4, -0.2) is 35.0 Å². The number of thioether (sulfide) groups is 1. The van der Waals surface area contributed by atoms with Crippen molar-refractivity contribution in [2.24, 2.45) is 0 Å². The highest BCUT2D eigenvalue weighted by atomic mass is 35.5. The molecule has 0 bridgehead atoms. The zero-order chi connectivity index (χ0) is 14.5. The number of hydrogen-bond donors (Lipinski definition) is 2. The average molecular weight is 314 g/mol. The first-order valence-corrected chi connectivity index (χ1v) is 8.32. The van der Waals surface area contributed by atoms with E-state index in [-0.39, 0.29) is 11.9 Å². The number of halogens is 1. The van der Waals surface area contributed by atoms with Gasteiger partial charge in [-0.3, -0.25) is 4.79 Å². The molecule has 0 spiro atoms. The second-order valence-corrected chi connectivity index (χ2v) is 6.85. The van der Waals surface area contributed by atoms with Gasteiger partial charge in [0.2, 0.25) is 0 Å². The molecule has 1 aromatic heterocycles. The predicted molar refractivity (Wildman–Crippen MR) is 85.8 cm³/mol. The van der Waals surface area contributed by atoms with Crippen LogP contribution in [0.3, 0.4) is 0 Å². The second kappa shape index (κ2) is 7.18. The van der Waals surface area contributed by atoms with Crippen molar-refractivity contribution < 1.29 is 4.79 Å². The second-order valence-electron chi connectivity index (χ2n) is 4.87. The Morgan fingerprint density at radius 2 is 2.35 bits per heavy atom. The van der Waals surface area contributed by atoms with Gasteiger partial charge >= 0.3 is 0 Å². The highest BCUT2D eigenvalue weighted by molar-refractivity contribution is 7.99. The van der Waals surface area contributed by atoms with Crippen molar-refractivity contribution in [3.8, 4) is 0 Å². The van der Waals surface area contributed by atoms with Crippen molar-refractivity contribution in [2.45, 2.75) is 37.5 Å². The average Bonchev–Trinajstić information content (AvgIpc) is 2.86. The summed E-state index contributed by atoms with van der Waals surface area (Å²) in [7, 11) is 1.75. The lowest BCUT2D eigenvalue weighted by molar-refractivity contribution is 0.0937. The van der Waals surface area contributed by atoms with Crippen LogP contribution in [0.1, 0.15) is 36.5 Å². The molecule has 0 radical (unpaired) electrons. The van der Waals surface area contributed by atoms with Gasteiger partial charge in [0.25, 0.3) is 5.91 Å². The third kappa shape index (κ3) is 3.79. The fraction of sp³-hybridized carbons (Fsp3) is 0.571. The molecule has 4 nitrogen and oxygen atoms in total. The summed E-state index contributed by atoms with van der Waals surface area (Å²) in [6, 6.07) is 1.93. The highest BCUT2D eigenvalue weighted by Gasteiger charge is 2.26. The predicted octanol–water partition coefficient (Wildman–Crippen LogP) is 3.18. The van der Waals surface area contributed by atoms with E-state index in [9.17, 15) is 4.79 Å². The molecule has 1 aliphatic carbocycles. The first-order valence-electron chi connectivity index (χ1n) is 6.89. The molecule has 2 atom stereocenters. The van der Waals surface area contributed by atoms with Crippen LogP contribution in [0.4, 0.5) is 5.82 Å². The summed E-state index contributed by atoms with van der Waals surface area (Å²) in [5, 5.41) is 7.10. The van der Waals surface area contributed by atoms with Crippen molar-refractivity contribution >= 4 is 35.1 Å². The lowest BCUT2D eigenvalue weighted by Crippen LogP contribution is -2.33. The molecule has 0 aliphatic heterocycles. The Balaban J connectivity index is 1.94. The number of rotatable bonds is 5. The first-order chi connectivity index (χ1) is 9.63. The molecule has 110 valence electrons. The van der Waals surface area contributed by atoms with E-state index in [1.165, 1.54) is 6.42 Å². The Labute approximate surface area is 129 Å². The Morgan fingerprint density at radius 1 is 1.55 bits per heavy atom. The van der Waals surface area contributed by atoms with E-state index in [4.69, 9.17) is 11.6 Å². The zero-order valence-corrected chi connectivity index (χ0v) is 13.4. The number of anilines is 1. The van der Waals surface area contributed by atoms with E-state index in [1.807, 2.05) is 11.8 Å². The molecule has 1 heterocycles. The molecular formula is C14H20ClN3OS. The van der Waals surface area contributed by atoms with E-state index in [2.05, 4.69) is 22.5 Å². The quantitative estimate of drug-likeness (QED) is 0.876. The number of pyridine rings is 1. The molecule has 1 aliphatic rings. The Bertz CT molecular complexity index is 483. The van der Waals surface area contributed by atoms with Crippen molar-refractivity contribution in [3.05, 3.63) is 22.8 Å². The van der Waals surface area contributed by atoms with Crippen LogP contribution in [0.5, 0.6) is 0 Å². The molecule has 0 aromatic carbocycles. The van der Waals surface area contributed by atoms with Crippen LogP contribution in [0.25, 0.3) is 0 Å². The number of amides is 1. The lowest BCUT2D eigenvalue weighted by Gasteiger charge is -2.13. The SMILES string of the molecule is CCSC1CCC(NC(=O)c2cnc(NC)c(Cl)c2)C1. The molecule has 2 N–H and O–H groups in total. The molecule has 1 fully saturated rings. The largest absolute Gasteiger partial charge is 0.372 e. The van der Waals surface area contributed by atoms with Gasteiger partial charge in [0.15, 0.2) is 0 Å². The number of aromatic nitrogens is 1. The fourth-order valence-electron chi connectivity index (χ4n) is 2.47. The number of carbonyl (C=O) groups is 1. The Kier molecular flexibility index (Phi) is 5.54. The number of carbonyl (C=O) groups excluding carboxylic acids is 1. The summed E-state index contributed by atoms with van der Waals surface area (Å²) in [5.74, 6) is 1.63. The van der Waals surface area contributed by atoms with Gasteiger partial charge in [0.1, 0.15) is 5.82 Å². The van der Waals surface area contributed by atoms with E-state index in [1.54, 1.807) is 19.3 Å². The summed E-state index contributed by atoms with van der Waals surface area (Å²) >= 11 is 8.03. The van der Waals surface area contributed by atoms with Crippen LogP contribution in [-0.2, 0) is 0 Å². The fourth-order valence-corrected chi connectivity index (χ4v) is 3.88. The summed E-state index contributed by atoms with van der Waals surface area (Å²) in [6.07, 6.45) is 4.85. The number of hydrogen-bond acceptors (Lipinski definition) is 4. The maximum atomic E-state index is 12.2. The van der Waals surface area contributed by atoms with Crippen LogP contribution < -0.4 is 10.6 Å². The van der Waals surface area contributed by atoms with Crippen molar-refractivity contribution in [1.82, 2.24) is 10.3 Å². The molecule has 0 saturated heterocycles. The third-order valence-electron chi connectivity index (χ3n) is 3.46. The Morgan fingerprint density at radius 3 is 3.00 bits per heavy atom. The lowest BCUT2D eigenvalue weighted by atomic mass is 10.2. The minimum atomic E-state index is -0.0887. The minimum absolute atomic E-state index is 0.0887. The molecule has 20 heavy (non-hydrogen) atoms. The maximum absolute atomic E-state index is 12.2. The monoisotopic (exact) mass is 313 g/mol. The standard InChI is InChI=1S/C14H20ClN3OS/c1-3-20-11-5-4-10(7-11)18-14(19)9-6-12(15)13(16-2)17-8-9/h6,8,10-11H,3-5,7H2,1-2H3,(H,16,17)(H,18,19). The Hall–Kier alpha value is -0.940. The molecule has 2 unspecified atom stereocenters. The molecule has 1 amide bonds. The van der Waals surface area contributed by atoms with Crippen LogP contribution in [0.2, 0.25) is 5.02 Å². The van der Waals surface area contributed by atoms with Gasteiger partial charge in [-0.15, -0.1) is 0 Å². The summed E-state index contributed by atoms with van der Waals surface area (Å²) in [4.78, 5) is 16.3. The number of nitrogens with zero attached hydrogens (tertiary/aromatic N) is 1. The van der Waals surface area contributed by atoms with E-state index in [0.29, 0.717) is 21.7 Å². The maximum Gasteiger partial charge on any atom is 0.253 e. The van der Waals surface area contributed by atoms with Gasteiger partial charge < -0.3 is 10.6 Å². The molecule has 2 rings (SSSR count). The van der Waals surface area contributed by atoms with Gasteiger partial charge in [0.05, 0.1) is 10.6 Å². The zero-order valence-electron chi connectivity index (χ0n) is 11.8. The normalized spacial score (nSPS) is 21.8. The smallest absolute Gasteiger partial charge is 0.253 e. The van der Waals surface area contributed by atoms with E-state index >= 15 is 0 Å². The molecular weight excluding hydrogens is 294 g/mol. The van der Waals surface area contributed by atoms with Crippen LogP contribution >= 0.6 is 23.4 Å². The first kappa shape index (κ1) is 15.4. The van der Waals surface area contributed by atoms with Gasteiger partial charge in [-0.1, -0.05) is 18.5 Å². The van der Waals surface area contributed by atoms with E-state index < -0.39 is 0 Å². The van der Waals surface area contributed by atoms with Crippen molar-refractivity contribution in [2.75, 3.05) is 18.1 Å². The van der Waals surface area contributed by atoms with Gasteiger partial charge in [-0.2, -0.15) is 11.8 Å². The molecule has 1 saturated carbocycles. The van der Waals surface area contributed by atoms with Crippen LogP contribution in [0.15, 0.2) is 12.3 Å². The summed E-state index contributed by atoms with van der Waals surface area (Å²) in [5.41, 5.74) is 0.514.